The molecule has 0 radical (unpaired) electrons. The van der Waals surface area contributed by atoms with Gasteiger partial charge in [0.1, 0.15) is 5.52 Å². The Balaban J connectivity index is 1.64. The molecule has 0 amide bonds. The standard InChI is InChI=1S/C20H11BrClN3O3/c21-16-6-4-12(8-18(16)25(26)27)11-23-15-5-7-19-17(10-15)24-20(28-19)13-2-1-3-14(22)9-13/h1-11H. The van der Waals surface area contributed by atoms with Crippen molar-refractivity contribution in [2.24, 2.45) is 4.99 Å². The first-order chi connectivity index (χ1) is 13.5. The molecule has 28 heavy (non-hydrogen) atoms. The number of aliphatic imine (C=N–C) groups is 1. The van der Waals surface area contributed by atoms with Gasteiger partial charge in [0.2, 0.25) is 5.89 Å². The summed E-state index contributed by atoms with van der Waals surface area (Å²) >= 11 is 9.19. The van der Waals surface area contributed by atoms with E-state index in [1.54, 1.807) is 48.7 Å². The summed E-state index contributed by atoms with van der Waals surface area (Å²) in [5, 5.41) is 11.6. The van der Waals surface area contributed by atoms with Gasteiger partial charge < -0.3 is 4.42 Å². The first kappa shape index (κ1) is 18.3. The molecule has 4 rings (SSSR count). The van der Waals surface area contributed by atoms with E-state index in [0.717, 1.165) is 5.56 Å². The van der Waals surface area contributed by atoms with Gasteiger partial charge in [0.25, 0.3) is 5.69 Å². The lowest BCUT2D eigenvalue weighted by molar-refractivity contribution is -0.385. The third-order valence-electron chi connectivity index (χ3n) is 3.97. The van der Waals surface area contributed by atoms with Crippen molar-refractivity contribution in [3.05, 3.63) is 85.8 Å². The van der Waals surface area contributed by atoms with Crippen molar-refractivity contribution in [3.63, 3.8) is 0 Å². The molecule has 4 aromatic rings. The molecule has 8 heteroatoms. The molecule has 0 unspecified atom stereocenters. The molecule has 1 heterocycles. The van der Waals surface area contributed by atoms with Crippen LogP contribution in [0.3, 0.4) is 0 Å². The number of fused-ring (bicyclic) bond motifs is 1. The highest BCUT2D eigenvalue weighted by molar-refractivity contribution is 9.10. The van der Waals surface area contributed by atoms with Crippen molar-refractivity contribution in [2.45, 2.75) is 0 Å². The number of nitrogens with zero attached hydrogens (tertiary/aromatic N) is 3. The maximum Gasteiger partial charge on any atom is 0.284 e. The van der Waals surface area contributed by atoms with Crippen molar-refractivity contribution < 1.29 is 9.34 Å². The van der Waals surface area contributed by atoms with Crippen LogP contribution in [0.25, 0.3) is 22.6 Å². The number of nitro benzene ring substituents is 1. The molecular weight excluding hydrogens is 446 g/mol. The van der Waals surface area contributed by atoms with Crippen LogP contribution in [0, 0.1) is 10.1 Å². The topological polar surface area (TPSA) is 81.5 Å². The highest BCUT2D eigenvalue weighted by Crippen LogP contribution is 2.29. The maximum absolute atomic E-state index is 11.0. The molecule has 0 saturated heterocycles. The molecule has 0 bridgehead atoms. The Hall–Kier alpha value is -3.03. The van der Waals surface area contributed by atoms with Crippen LogP contribution in [0.1, 0.15) is 5.56 Å². The van der Waals surface area contributed by atoms with Gasteiger partial charge in [-0.3, -0.25) is 15.1 Å². The van der Waals surface area contributed by atoms with Crippen molar-refractivity contribution in [1.29, 1.82) is 0 Å². The summed E-state index contributed by atoms with van der Waals surface area (Å²) < 4.78 is 6.20. The van der Waals surface area contributed by atoms with Crippen molar-refractivity contribution in [3.8, 4) is 11.5 Å². The SMILES string of the molecule is O=[N+]([O-])c1cc(C=Nc2ccc3oc(-c4cccc(Cl)c4)nc3c2)ccc1Br. The molecule has 0 fully saturated rings. The number of nitro groups is 1. The lowest BCUT2D eigenvalue weighted by Crippen LogP contribution is -1.91. The summed E-state index contributed by atoms with van der Waals surface area (Å²) in [6, 6.07) is 17.5. The summed E-state index contributed by atoms with van der Waals surface area (Å²) in [7, 11) is 0. The minimum atomic E-state index is -0.444. The molecule has 3 aromatic carbocycles. The normalized spacial score (nSPS) is 11.4. The Morgan fingerprint density at radius 3 is 2.79 bits per heavy atom. The second kappa shape index (κ2) is 7.53. The molecule has 0 aliphatic heterocycles. The summed E-state index contributed by atoms with van der Waals surface area (Å²) in [4.78, 5) is 19.5. The van der Waals surface area contributed by atoms with Gasteiger partial charge in [-0.2, -0.15) is 0 Å². The van der Waals surface area contributed by atoms with Gasteiger partial charge in [0.05, 0.1) is 15.1 Å². The van der Waals surface area contributed by atoms with E-state index in [1.165, 1.54) is 6.07 Å². The average molecular weight is 457 g/mol. The van der Waals surface area contributed by atoms with Gasteiger partial charge in [0, 0.05) is 22.9 Å². The number of oxazole rings is 1. The highest BCUT2D eigenvalue weighted by Gasteiger charge is 2.12. The van der Waals surface area contributed by atoms with Gasteiger partial charge in [-0.1, -0.05) is 23.7 Å². The molecule has 0 aliphatic carbocycles. The van der Waals surface area contributed by atoms with E-state index < -0.39 is 4.92 Å². The van der Waals surface area contributed by atoms with Crippen LogP contribution >= 0.6 is 27.5 Å². The zero-order valence-electron chi connectivity index (χ0n) is 14.2. The van der Waals surface area contributed by atoms with Crippen LogP contribution in [-0.2, 0) is 0 Å². The van der Waals surface area contributed by atoms with Crippen molar-refractivity contribution in [1.82, 2.24) is 4.98 Å². The Kier molecular flexibility index (Phi) is 4.93. The van der Waals surface area contributed by atoms with Gasteiger partial charge in [-0.25, -0.2) is 4.98 Å². The van der Waals surface area contributed by atoms with E-state index in [1.807, 2.05) is 12.1 Å². The third kappa shape index (κ3) is 3.81. The van der Waals surface area contributed by atoms with E-state index in [4.69, 9.17) is 16.0 Å². The summed E-state index contributed by atoms with van der Waals surface area (Å²) in [5.74, 6) is 0.474. The number of hydrogen-bond donors (Lipinski definition) is 0. The number of hydrogen-bond acceptors (Lipinski definition) is 5. The Morgan fingerprint density at radius 2 is 2.00 bits per heavy atom. The van der Waals surface area contributed by atoms with Crippen LogP contribution in [0.15, 0.2) is 74.5 Å². The molecule has 138 valence electrons. The second-order valence-corrected chi connectivity index (χ2v) is 7.20. The van der Waals surface area contributed by atoms with Crippen LogP contribution in [0.2, 0.25) is 5.02 Å². The van der Waals surface area contributed by atoms with E-state index in [-0.39, 0.29) is 5.69 Å². The number of rotatable bonds is 4. The predicted octanol–water partition coefficient (Wildman–Crippen LogP) is 6.57. The fourth-order valence-corrected chi connectivity index (χ4v) is 3.22. The molecule has 0 aliphatic rings. The molecule has 1 aromatic heterocycles. The third-order valence-corrected chi connectivity index (χ3v) is 4.88. The lowest BCUT2D eigenvalue weighted by Gasteiger charge is -1.97. The van der Waals surface area contributed by atoms with E-state index in [2.05, 4.69) is 25.9 Å². The van der Waals surface area contributed by atoms with Gasteiger partial charge >= 0.3 is 0 Å². The predicted molar refractivity (Wildman–Crippen MR) is 113 cm³/mol. The average Bonchev–Trinajstić information content (AvgIpc) is 3.10. The van der Waals surface area contributed by atoms with Crippen molar-refractivity contribution in [2.75, 3.05) is 0 Å². The number of aromatic nitrogens is 1. The zero-order chi connectivity index (χ0) is 19.7. The fraction of sp³-hybridized carbons (Fsp3) is 0. The van der Waals surface area contributed by atoms with Crippen LogP contribution in [-0.4, -0.2) is 16.1 Å². The zero-order valence-corrected chi connectivity index (χ0v) is 16.5. The van der Waals surface area contributed by atoms with Gasteiger partial charge in [0.15, 0.2) is 5.58 Å². The molecule has 0 spiro atoms. The summed E-state index contributed by atoms with van der Waals surface area (Å²) in [5.41, 5.74) is 3.34. The van der Waals surface area contributed by atoms with Gasteiger partial charge in [-0.05, 0) is 64.0 Å². The Bertz CT molecular complexity index is 1240. The van der Waals surface area contributed by atoms with E-state index >= 15 is 0 Å². The lowest BCUT2D eigenvalue weighted by atomic mass is 10.2. The minimum absolute atomic E-state index is 0.0120. The Labute approximate surface area is 172 Å². The smallest absolute Gasteiger partial charge is 0.284 e. The maximum atomic E-state index is 11.0. The first-order valence-electron chi connectivity index (χ1n) is 8.14. The molecular formula is C20H11BrClN3O3. The van der Waals surface area contributed by atoms with Crippen LogP contribution in [0.5, 0.6) is 0 Å². The molecule has 0 N–H and O–H groups in total. The first-order valence-corrected chi connectivity index (χ1v) is 9.31. The van der Waals surface area contributed by atoms with E-state index in [9.17, 15) is 10.1 Å². The molecule has 6 nitrogen and oxygen atoms in total. The number of halogens is 2. The summed E-state index contributed by atoms with van der Waals surface area (Å²) in [6.45, 7) is 0. The minimum Gasteiger partial charge on any atom is -0.436 e. The monoisotopic (exact) mass is 455 g/mol. The second-order valence-electron chi connectivity index (χ2n) is 5.91. The molecule has 0 saturated carbocycles. The number of benzene rings is 3. The summed E-state index contributed by atoms with van der Waals surface area (Å²) in [6.07, 6.45) is 1.57. The Morgan fingerprint density at radius 1 is 1.14 bits per heavy atom. The highest BCUT2D eigenvalue weighted by atomic mass is 79.9. The van der Waals surface area contributed by atoms with E-state index in [0.29, 0.717) is 37.7 Å². The fourth-order valence-electron chi connectivity index (χ4n) is 2.64. The van der Waals surface area contributed by atoms with Gasteiger partial charge in [-0.15, -0.1) is 0 Å². The van der Waals surface area contributed by atoms with Crippen LogP contribution in [0.4, 0.5) is 11.4 Å². The quantitative estimate of drug-likeness (QED) is 0.197. The van der Waals surface area contributed by atoms with Crippen LogP contribution < -0.4 is 0 Å². The largest absolute Gasteiger partial charge is 0.436 e. The van der Waals surface area contributed by atoms with Crippen molar-refractivity contribution >= 4 is 56.2 Å². The molecule has 0 atom stereocenters.